The second-order valence-corrected chi connectivity index (χ2v) is 5.60. The van der Waals surface area contributed by atoms with E-state index in [9.17, 15) is 8.42 Å². The van der Waals surface area contributed by atoms with E-state index in [1.807, 2.05) is 6.92 Å². The van der Waals surface area contributed by atoms with Crippen LogP contribution in [-0.4, -0.2) is 30.5 Å². The Kier molecular flexibility index (Phi) is 4.35. The van der Waals surface area contributed by atoms with Crippen molar-refractivity contribution in [1.82, 2.24) is 14.9 Å². The fourth-order valence-corrected chi connectivity index (χ4v) is 3.52. The van der Waals surface area contributed by atoms with E-state index >= 15 is 0 Å². The van der Waals surface area contributed by atoms with E-state index in [2.05, 4.69) is 14.9 Å². The van der Waals surface area contributed by atoms with Gasteiger partial charge >= 0.3 is 0 Å². The zero-order chi connectivity index (χ0) is 12.3. The third-order valence-corrected chi connectivity index (χ3v) is 4.49. The fraction of sp³-hybridized carbons (Fsp3) is 0.667. The molecule has 0 saturated carbocycles. The Morgan fingerprint density at radius 3 is 2.50 bits per heavy atom. The number of aromatic amines is 1. The van der Waals surface area contributed by atoms with Crippen molar-refractivity contribution in [3.8, 4) is 0 Å². The molecule has 1 aromatic heterocycles. The van der Waals surface area contributed by atoms with Gasteiger partial charge in [-0.05, 0) is 20.3 Å². The number of nitrogens with one attached hydrogen (secondary N) is 2. The molecule has 0 spiro atoms. The maximum Gasteiger partial charge on any atom is 0.244 e. The lowest BCUT2D eigenvalue weighted by molar-refractivity contribution is 0.556. The van der Waals surface area contributed by atoms with Crippen molar-refractivity contribution in [1.29, 1.82) is 0 Å². The summed E-state index contributed by atoms with van der Waals surface area (Å²) in [4.78, 5) is 0.219. The van der Waals surface area contributed by atoms with E-state index in [1.54, 1.807) is 13.8 Å². The lowest BCUT2D eigenvalue weighted by atomic mass is 10.3. The predicted octanol–water partition coefficient (Wildman–Crippen LogP) is 1.32. The molecule has 0 fully saturated rings. The van der Waals surface area contributed by atoms with E-state index < -0.39 is 10.0 Å². The largest absolute Gasteiger partial charge is 0.281 e. The van der Waals surface area contributed by atoms with Crippen LogP contribution < -0.4 is 4.72 Å². The van der Waals surface area contributed by atoms with Gasteiger partial charge in [-0.2, -0.15) is 5.10 Å². The lowest BCUT2D eigenvalue weighted by Gasteiger charge is -2.14. The standard InChI is InChI=1S/C9H16ClN3O2S/c1-4-8(5-10)13-16(14,15)9-6(2)11-12-7(9)3/h8,13H,4-5H2,1-3H3,(H,11,12). The second kappa shape index (κ2) is 5.16. The van der Waals surface area contributed by atoms with E-state index in [0.717, 1.165) is 0 Å². The summed E-state index contributed by atoms with van der Waals surface area (Å²) in [6.45, 7) is 5.21. The Morgan fingerprint density at radius 1 is 1.50 bits per heavy atom. The van der Waals surface area contributed by atoms with Gasteiger partial charge in [0.05, 0.1) is 11.4 Å². The fourth-order valence-electron chi connectivity index (χ4n) is 1.44. The predicted molar refractivity (Wildman–Crippen MR) is 63.2 cm³/mol. The first-order valence-corrected chi connectivity index (χ1v) is 7.04. The Hall–Kier alpha value is -0.590. The maximum absolute atomic E-state index is 12.0. The van der Waals surface area contributed by atoms with Gasteiger partial charge in [-0.1, -0.05) is 6.92 Å². The molecular weight excluding hydrogens is 250 g/mol. The molecule has 16 heavy (non-hydrogen) atoms. The Balaban J connectivity index is 3.03. The van der Waals surface area contributed by atoms with Crippen LogP contribution in [0.25, 0.3) is 0 Å². The van der Waals surface area contributed by atoms with Crippen LogP contribution in [0.15, 0.2) is 4.90 Å². The van der Waals surface area contributed by atoms with Gasteiger partial charge in [0.2, 0.25) is 10.0 Å². The van der Waals surface area contributed by atoms with Gasteiger partial charge in [0.1, 0.15) is 4.90 Å². The summed E-state index contributed by atoms with van der Waals surface area (Å²) in [7, 11) is -3.53. The summed E-state index contributed by atoms with van der Waals surface area (Å²) in [5.74, 6) is 0.256. The number of rotatable bonds is 5. The third-order valence-electron chi connectivity index (χ3n) is 2.33. The zero-order valence-electron chi connectivity index (χ0n) is 9.54. The molecule has 0 radical (unpaired) electrons. The van der Waals surface area contributed by atoms with Crippen molar-refractivity contribution in [3.63, 3.8) is 0 Å². The highest BCUT2D eigenvalue weighted by molar-refractivity contribution is 7.89. The lowest BCUT2D eigenvalue weighted by Crippen LogP contribution is -2.36. The van der Waals surface area contributed by atoms with Crippen LogP contribution in [0.4, 0.5) is 0 Å². The Bertz CT molecular complexity index is 432. The molecular formula is C9H16ClN3O2S. The highest BCUT2D eigenvalue weighted by Gasteiger charge is 2.24. The summed E-state index contributed by atoms with van der Waals surface area (Å²) in [5, 5.41) is 6.51. The minimum atomic E-state index is -3.53. The molecule has 2 N–H and O–H groups in total. The molecule has 1 aromatic rings. The highest BCUT2D eigenvalue weighted by Crippen LogP contribution is 2.17. The number of nitrogens with zero attached hydrogens (tertiary/aromatic N) is 1. The van der Waals surface area contributed by atoms with Crippen LogP contribution in [-0.2, 0) is 10.0 Å². The number of H-pyrrole nitrogens is 1. The number of hydrogen-bond acceptors (Lipinski definition) is 3. The molecule has 1 rings (SSSR count). The van der Waals surface area contributed by atoms with Gasteiger partial charge in [-0.15, -0.1) is 11.6 Å². The number of hydrogen-bond donors (Lipinski definition) is 2. The summed E-state index contributed by atoms with van der Waals surface area (Å²) in [6, 6.07) is -0.250. The summed E-state index contributed by atoms with van der Waals surface area (Å²) in [5.41, 5.74) is 1.00. The molecule has 1 unspecified atom stereocenters. The molecule has 0 amide bonds. The molecule has 0 aromatic carbocycles. The van der Waals surface area contributed by atoms with Gasteiger partial charge in [-0.3, -0.25) is 5.10 Å². The highest BCUT2D eigenvalue weighted by atomic mass is 35.5. The maximum atomic E-state index is 12.0. The average Bonchev–Trinajstić information content (AvgIpc) is 2.55. The first-order chi connectivity index (χ1) is 7.42. The van der Waals surface area contributed by atoms with Crippen molar-refractivity contribution in [3.05, 3.63) is 11.4 Å². The van der Waals surface area contributed by atoms with Crippen LogP contribution in [0.1, 0.15) is 24.7 Å². The smallest absolute Gasteiger partial charge is 0.244 e. The molecule has 1 heterocycles. The van der Waals surface area contributed by atoms with Gasteiger partial charge in [0.15, 0.2) is 0 Å². The van der Waals surface area contributed by atoms with Crippen molar-refractivity contribution in [2.45, 2.75) is 38.1 Å². The molecule has 0 bridgehead atoms. The van der Waals surface area contributed by atoms with E-state index in [-0.39, 0.29) is 16.8 Å². The second-order valence-electron chi connectivity index (χ2n) is 3.64. The zero-order valence-corrected chi connectivity index (χ0v) is 11.1. The van der Waals surface area contributed by atoms with Gasteiger partial charge in [-0.25, -0.2) is 13.1 Å². The van der Waals surface area contributed by atoms with Gasteiger partial charge < -0.3 is 0 Å². The molecule has 0 saturated heterocycles. The number of alkyl halides is 1. The van der Waals surface area contributed by atoms with Crippen molar-refractivity contribution in [2.75, 3.05) is 5.88 Å². The van der Waals surface area contributed by atoms with Crippen molar-refractivity contribution in [2.24, 2.45) is 0 Å². The monoisotopic (exact) mass is 265 g/mol. The third kappa shape index (κ3) is 2.75. The molecule has 5 nitrogen and oxygen atoms in total. The molecule has 1 atom stereocenters. The van der Waals surface area contributed by atoms with Crippen LogP contribution in [0, 0.1) is 13.8 Å². The van der Waals surface area contributed by atoms with E-state index in [1.165, 1.54) is 0 Å². The summed E-state index contributed by atoms with van der Waals surface area (Å²) in [6.07, 6.45) is 0.651. The van der Waals surface area contributed by atoms with Gasteiger partial charge in [0, 0.05) is 11.9 Å². The normalized spacial score (nSPS) is 14.0. The number of sulfonamides is 1. The molecule has 0 aliphatic rings. The van der Waals surface area contributed by atoms with Crippen molar-refractivity contribution < 1.29 is 8.42 Å². The minimum absolute atomic E-state index is 0.219. The van der Waals surface area contributed by atoms with Crippen LogP contribution in [0.2, 0.25) is 0 Å². The summed E-state index contributed by atoms with van der Waals surface area (Å²) >= 11 is 5.66. The van der Waals surface area contributed by atoms with Crippen LogP contribution >= 0.6 is 11.6 Å². The quantitative estimate of drug-likeness (QED) is 0.789. The van der Waals surface area contributed by atoms with Crippen LogP contribution in [0.3, 0.4) is 0 Å². The van der Waals surface area contributed by atoms with E-state index in [4.69, 9.17) is 11.6 Å². The number of aryl methyl sites for hydroxylation is 2. The molecule has 7 heteroatoms. The molecule has 92 valence electrons. The molecule has 0 aliphatic heterocycles. The minimum Gasteiger partial charge on any atom is -0.281 e. The average molecular weight is 266 g/mol. The molecule has 0 aliphatic carbocycles. The van der Waals surface area contributed by atoms with Gasteiger partial charge in [0.25, 0.3) is 0 Å². The Morgan fingerprint density at radius 2 is 2.12 bits per heavy atom. The van der Waals surface area contributed by atoms with E-state index in [0.29, 0.717) is 17.8 Å². The first kappa shape index (κ1) is 13.5. The number of aromatic nitrogens is 2. The van der Waals surface area contributed by atoms with Crippen LogP contribution in [0.5, 0.6) is 0 Å². The van der Waals surface area contributed by atoms with Crippen molar-refractivity contribution >= 4 is 21.6 Å². The topological polar surface area (TPSA) is 74.8 Å². The Labute approximate surface area is 101 Å². The summed E-state index contributed by atoms with van der Waals surface area (Å²) < 4.78 is 26.6. The number of halogens is 1. The first-order valence-electron chi connectivity index (χ1n) is 5.02. The SMILES string of the molecule is CCC(CCl)NS(=O)(=O)c1c(C)n[nH]c1C.